The largest absolute Gasteiger partial charge is 0.462 e. The second-order valence-electron chi connectivity index (χ2n) is 4.06. The van der Waals surface area contributed by atoms with Gasteiger partial charge in [-0.3, -0.25) is 4.68 Å². The van der Waals surface area contributed by atoms with Crippen molar-refractivity contribution in [1.29, 1.82) is 0 Å². The minimum Gasteiger partial charge on any atom is -0.462 e. The topological polar surface area (TPSA) is 64.3 Å². The van der Waals surface area contributed by atoms with Crippen LogP contribution in [-0.2, 0) is 11.3 Å². The highest BCUT2D eigenvalue weighted by atomic mass is 127. The number of hydrogen-bond acceptors (Lipinski definition) is 4. The highest BCUT2D eigenvalue weighted by Crippen LogP contribution is 2.13. The van der Waals surface area contributed by atoms with Gasteiger partial charge in [0.25, 0.3) is 0 Å². The van der Waals surface area contributed by atoms with Crippen molar-refractivity contribution in [3.05, 3.63) is 15.5 Å². The number of ether oxygens (including phenoxy) is 1. The van der Waals surface area contributed by atoms with Gasteiger partial charge in [0.05, 0.1) is 18.8 Å². The van der Waals surface area contributed by atoms with E-state index in [0.29, 0.717) is 22.4 Å². The van der Waals surface area contributed by atoms with E-state index in [0.717, 1.165) is 0 Å². The Morgan fingerprint density at radius 1 is 1.69 bits per heavy atom. The molecule has 1 rings (SSSR count). The summed E-state index contributed by atoms with van der Waals surface area (Å²) in [6.07, 6.45) is 1.59. The van der Waals surface area contributed by atoms with E-state index in [1.54, 1.807) is 31.6 Å². The highest BCUT2D eigenvalue weighted by Gasteiger charge is 2.19. The van der Waals surface area contributed by atoms with Gasteiger partial charge in [0.2, 0.25) is 0 Å². The number of carbonyl (C=O) groups excluding carboxylic acids is 1. The van der Waals surface area contributed by atoms with E-state index in [4.69, 9.17) is 4.74 Å². The van der Waals surface area contributed by atoms with Gasteiger partial charge in [-0.05, 0) is 43.4 Å². The highest BCUT2D eigenvalue weighted by molar-refractivity contribution is 14.1. The first kappa shape index (κ1) is 13.4. The number of hydrogen-bond donors (Lipinski definition) is 1. The molecule has 16 heavy (non-hydrogen) atoms. The van der Waals surface area contributed by atoms with Gasteiger partial charge in [-0.1, -0.05) is 0 Å². The van der Waals surface area contributed by atoms with Crippen LogP contribution in [0.15, 0.2) is 6.20 Å². The smallest absolute Gasteiger partial charge is 0.342 e. The molecule has 0 radical (unpaired) electrons. The fourth-order valence-electron chi connectivity index (χ4n) is 1.22. The zero-order valence-corrected chi connectivity index (χ0v) is 11.7. The number of aliphatic hydroxyl groups is 1. The van der Waals surface area contributed by atoms with Crippen LogP contribution in [0.1, 0.15) is 31.1 Å². The Morgan fingerprint density at radius 2 is 2.31 bits per heavy atom. The molecule has 0 saturated heterocycles. The summed E-state index contributed by atoms with van der Waals surface area (Å²) in [6, 6.07) is 0. The molecule has 0 atom stereocenters. The van der Waals surface area contributed by atoms with Crippen molar-refractivity contribution in [2.75, 3.05) is 6.61 Å². The third-order valence-electron chi connectivity index (χ3n) is 1.76. The lowest BCUT2D eigenvalue weighted by Crippen LogP contribution is -2.26. The standard InChI is InChI=1S/C10H15IN2O3/c1-4-16-9(14)7-5-13(12-8(7)11)6-10(2,3)15/h5,15H,4,6H2,1-3H3. The number of carbonyl (C=O) groups is 1. The van der Waals surface area contributed by atoms with Crippen molar-refractivity contribution >= 4 is 28.6 Å². The van der Waals surface area contributed by atoms with Crippen LogP contribution in [0.5, 0.6) is 0 Å². The fraction of sp³-hybridized carbons (Fsp3) is 0.600. The normalized spacial score (nSPS) is 11.6. The first-order chi connectivity index (χ1) is 7.33. The second kappa shape index (κ2) is 5.13. The lowest BCUT2D eigenvalue weighted by Gasteiger charge is -2.16. The quantitative estimate of drug-likeness (QED) is 0.667. The monoisotopic (exact) mass is 338 g/mol. The van der Waals surface area contributed by atoms with E-state index in [2.05, 4.69) is 5.10 Å². The maximum atomic E-state index is 11.5. The average Bonchev–Trinajstić information content (AvgIpc) is 2.44. The molecule has 1 N–H and O–H groups in total. The van der Waals surface area contributed by atoms with Gasteiger partial charge in [-0.25, -0.2) is 4.79 Å². The number of rotatable bonds is 4. The number of halogens is 1. The maximum absolute atomic E-state index is 11.5. The zero-order valence-electron chi connectivity index (χ0n) is 9.53. The van der Waals surface area contributed by atoms with E-state index in [1.807, 2.05) is 22.6 Å². The van der Waals surface area contributed by atoms with E-state index in [9.17, 15) is 9.90 Å². The molecular formula is C10H15IN2O3. The minimum absolute atomic E-state index is 0.336. The molecule has 6 heteroatoms. The number of aromatic nitrogens is 2. The molecule has 0 bridgehead atoms. The molecular weight excluding hydrogens is 323 g/mol. The van der Waals surface area contributed by atoms with Gasteiger partial charge in [0, 0.05) is 6.20 Å². The first-order valence-corrected chi connectivity index (χ1v) is 6.04. The molecule has 90 valence electrons. The van der Waals surface area contributed by atoms with Crippen molar-refractivity contribution < 1.29 is 14.6 Å². The minimum atomic E-state index is -0.860. The van der Waals surface area contributed by atoms with Crippen LogP contribution >= 0.6 is 22.6 Å². The van der Waals surface area contributed by atoms with Crippen LogP contribution in [0.3, 0.4) is 0 Å². The summed E-state index contributed by atoms with van der Waals surface area (Å²) in [7, 11) is 0. The summed E-state index contributed by atoms with van der Waals surface area (Å²) in [5, 5.41) is 13.8. The molecule has 0 fully saturated rings. The average molecular weight is 338 g/mol. The van der Waals surface area contributed by atoms with E-state index >= 15 is 0 Å². The lowest BCUT2D eigenvalue weighted by molar-refractivity contribution is 0.0517. The predicted octanol–water partition coefficient (Wildman–Crippen LogP) is 1.44. The first-order valence-electron chi connectivity index (χ1n) is 4.96. The fourth-order valence-corrected chi connectivity index (χ4v) is 1.86. The van der Waals surface area contributed by atoms with Crippen LogP contribution in [-0.4, -0.2) is 33.1 Å². The molecule has 5 nitrogen and oxygen atoms in total. The van der Waals surface area contributed by atoms with Crippen LogP contribution < -0.4 is 0 Å². The zero-order chi connectivity index (χ0) is 12.3. The summed E-state index contributed by atoms with van der Waals surface area (Å²) in [4.78, 5) is 11.5. The Bertz CT molecular complexity index is 382. The van der Waals surface area contributed by atoms with Crippen LogP contribution in [0, 0.1) is 3.70 Å². The van der Waals surface area contributed by atoms with Gasteiger partial charge in [0.15, 0.2) is 0 Å². The Balaban J connectivity index is 2.86. The summed E-state index contributed by atoms with van der Waals surface area (Å²) in [6.45, 7) is 5.80. The van der Waals surface area contributed by atoms with E-state index < -0.39 is 5.60 Å². The Morgan fingerprint density at radius 3 is 2.81 bits per heavy atom. The third-order valence-corrected chi connectivity index (χ3v) is 2.56. The van der Waals surface area contributed by atoms with Gasteiger partial charge in [-0.2, -0.15) is 5.10 Å². The van der Waals surface area contributed by atoms with Crippen LogP contribution in [0.25, 0.3) is 0 Å². The molecule has 0 aliphatic heterocycles. The molecule has 0 spiro atoms. The van der Waals surface area contributed by atoms with Crippen molar-refractivity contribution in [2.24, 2.45) is 0 Å². The Hall–Kier alpha value is -0.630. The SMILES string of the molecule is CCOC(=O)c1cn(CC(C)(C)O)nc1I. The molecule has 0 amide bonds. The summed E-state index contributed by atoms with van der Waals surface area (Å²) in [5.41, 5.74) is -0.423. The molecule has 1 aromatic rings. The molecule has 1 heterocycles. The molecule has 1 aromatic heterocycles. The number of esters is 1. The number of nitrogens with zero attached hydrogens (tertiary/aromatic N) is 2. The summed E-state index contributed by atoms with van der Waals surface area (Å²) >= 11 is 1.97. The molecule has 0 unspecified atom stereocenters. The van der Waals surface area contributed by atoms with Crippen molar-refractivity contribution in [3.8, 4) is 0 Å². The van der Waals surface area contributed by atoms with E-state index in [-0.39, 0.29) is 5.97 Å². The predicted molar refractivity (Wildman–Crippen MR) is 67.2 cm³/mol. The van der Waals surface area contributed by atoms with Crippen molar-refractivity contribution in [3.63, 3.8) is 0 Å². The lowest BCUT2D eigenvalue weighted by atomic mass is 10.1. The molecule has 0 aliphatic carbocycles. The summed E-state index contributed by atoms with van der Waals surface area (Å²) < 4.78 is 7.03. The van der Waals surface area contributed by atoms with Gasteiger partial charge in [-0.15, -0.1) is 0 Å². The third kappa shape index (κ3) is 3.75. The summed E-state index contributed by atoms with van der Waals surface area (Å²) in [5.74, 6) is -0.381. The molecule has 0 saturated carbocycles. The Kier molecular flexibility index (Phi) is 4.31. The second-order valence-corrected chi connectivity index (χ2v) is 5.09. The van der Waals surface area contributed by atoms with Crippen LogP contribution in [0.4, 0.5) is 0 Å². The molecule has 0 aromatic carbocycles. The van der Waals surface area contributed by atoms with Gasteiger partial charge in [0.1, 0.15) is 9.26 Å². The van der Waals surface area contributed by atoms with Crippen LogP contribution in [0.2, 0.25) is 0 Å². The van der Waals surface area contributed by atoms with E-state index in [1.165, 1.54) is 0 Å². The maximum Gasteiger partial charge on any atom is 0.342 e. The van der Waals surface area contributed by atoms with Gasteiger partial charge >= 0.3 is 5.97 Å². The van der Waals surface area contributed by atoms with Crippen molar-refractivity contribution in [1.82, 2.24) is 9.78 Å². The molecule has 0 aliphatic rings. The Labute approximate surface area is 108 Å². The van der Waals surface area contributed by atoms with Gasteiger partial charge < -0.3 is 9.84 Å². The van der Waals surface area contributed by atoms with Crippen molar-refractivity contribution in [2.45, 2.75) is 32.9 Å².